The summed E-state index contributed by atoms with van der Waals surface area (Å²) < 4.78 is 6.74. The maximum atomic E-state index is 11.7. The second-order valence-corrected chi connectivity index (χ2v) is 6.19. The molecule has 2 N–H and O–H groups in total. The van der Waals surface area contributed by atoms with E-state index in [0.717, 1.165) is 37.0 Å². The maximum absolute atomic E-state index is 11.7. The first-order valence-corrected chi connectivity index (χ1v) is 8.00. The molecular formula is C16H27N3O2. The van der Waals surface area contributed by atoms with Crippen LogP contribution in [0.2, 0.25) is 0 Å². The highest BCUT2D eigenvalue weighted by Gasteiger charge is 2.22. The van der Waals surface area contributed by atoms with E-state index in [-0.39, 0.29) is 5.69 Å². The number of methoxy groups -OCH3 is 1. The summed E-state index contributed by atoms with van der Waals surface area (Å²) in [5.74, 6) is 2.47. The lowest BCUT2D eigenvalue weighted by Gasteiger charge is -2.27. The summed E-state index contributed by atoms with van der Waals surface area (Å²) in [6.45, 7) is 5.21. The molecule has 2 atom stereocenters. The van der Waals surface area contributed by atoms with Crippen molar-refractivity contribution in [2.75, 3.05) is 12.8 Å². The molecule has 1 aromatic rings. The zero-order valence-corrected chi connectivity index (χ0v) is 13.4. The molecule has 0 aromatic carbocycles. The molecule has 1 saturated carbocycles. The number of aromatic nitrogens is 2. The van der Waals surface area contributed by atoms with E-state index in [1.807, 2.05) is 11.5 Å². The normalized spacial score (nSPS) is 22.2. The molecule has 1 fully saturated rings. The number of ether oxygens (including phenoxy) is 1. The lowest BCUT2D eigenvalue weighted by atomic mass is 9.81. The molecule has 0 bridgehead atoms. The molecule has 2 rings (SSSR count). The van der Waals surface area contributed by atoms with Crippen molar-refractivity contribution in [2.24, 2.45) is 11.8 Å². The zero-order chi connectivity index (χ0) is 15.4. The van der Waals surface area contributed by atoms with E-state index in [1.54, 1.807) is 0 Å². The van der Waals surface area contributed by atoms with Crippen LogP contribution in [0.1, 0.15) is 62.3 Å². The Morgan fingerprint density at radius 2 is 2.24 bits per heavy atom. The summed E-state index contributed by atoms with van der Waals surface area (Å²) in [4.78, 5) is 16.0. The molecule has 1 aromatic heterocycles. The first-order valence-electron chi connectivity index (χ1n) is 8.00. The van der Waals surface area contributed by atoms with E-state index in [1.165, 1.54) is 32.8 Å². The zero-order valence-electron chi connectivity index (χ0n) is 13.4. The van der Waals surface area contributed by atoms with E-state index < -0.39 is 5.97 Å². The van der Waals surface area contributed by atoms with Gasteiger partial charge >= 0.3 is 5.97 Å². The molecule has 5 heteroatoms. The Kier molecular flexibility index (Phi) is 5.26. The number of aryl methyl sites for hydroxylation is 1. The molecule has 5 nitrogen and oxygen atoms in total. The number of carbonyl (C=O) groups excluding carboxylic acids is 1. The van der Waals surface area contributed by atoms with Gasteiger partial charge in [0, 0.05) is 13.0 Å². The SMILES string of the molecule is CCc1nc(C(=O)OC)c(N)n1CCC1CCCC(C)C1. The van der Waals surface area contributed by atoms with Gasteiger partial charge in [0.05, 0.1) is 7.11 Å². The fraction of sp³-hybridized carbons (Fsp3) is 0.750. The third-order valence-electron chi connectivity index (χ3n) is 4.59. The van der Waals surface area contributed by atoms with Crippen molar-refractivity contribution in [3.63, 3.8) is 0 Å². The largest absolute Gasteiger partial charge is 0.464 e. The number of nitrogen functional groups attached to an aromatic ring is 1. The minimum atomic E-state index is -0.452. The molecular weight excluding hydrogens is 266 g/mol. The highest BCUT2D eigenvalue weighted by atomic mass is 16.5. The molecule has 2 unspecified atom stereocenters. The van der Waals surface area contributed by atoms with Gasteiger partial charge in [-0.15, -0.1) is 0 Å². The molecule has 1 aliphatic rings. The van der Waals surface area contributed by atoms with Gasteiger partial charge in [0.1, 0.15) is 11.6 Å². The molecule has 0 radical (unpaired) electrons. The van der Waals surface area contributed by atoms with Crippen LogP contribution in [0.5, 0.6) is 0 Å². The van der Waals surface area contributed by atoms with Crippen LogP contribution in [0.15, 0.2) is 0 Å². The average Bonchev–Trinajstić information content (AvgIpc) is 2.80. The number of hydrogen-bond donors (Lipinski definition) is 1. The predicted molar refractivity (Wildman–Crippen MR) is 83.1 cm³/mol. The standard InChI is InChI=1S/C16H27N3O2/c1-4-13-18-14(16(20)21-3)15(17)19(13)9-8-12-7-5-6-11(2)10-12/h11-12H,4-10,17H2,1-3H3. The molecule has 1 heterocycles. The molecule has 118 valence electrons. The first-order chi connectivity index (χ1) is 10.1. The summed E-state index contributed by atoms with van der Waals surface area (Å²) in [5, 5.41) is 0. The number of anilines is 1. The Hall–Kier alpha value is -1.52. The van der Waals surface area contributed by atoms with E-state index >= 15 is 0 Å². The summed E-state index contributed by atoms with van der Waals surface area (Å²) in [5.41, 5.74) is 6.35. The van der Waals surface area contributed by atoms with E-state index in [4.69, 9.17) is 10.5 Å². The topological polar surface area (TPSA) is 70.1 Å². The van der Waals surface area contributed by atoms with Gasteiger partial charge in [0.15, 0.2) is 5.69 Å². The second-order valence-electron chi connectivity index (χ2n) is 6.19. The Labute approximate surface area is 126 Å². The van der Waals surface area contributed by atoms with Crippen molar-refractivity contribution in [1.29, 1.82) is 0 Å². The minimum Gasteiger partial charge on any atom is -0.464 e. The van der Waals surface area contributed by atoms with Crippen molar-refractivity contribution in [1.82, 2.24) is 9.55 Å². The van der Waals surface area contributed by atoms with Gasteiger partial charge in [-0.05, 0) is 24.7 Å². The Balaban J connectivity index is 2.08. The number of carbonyl (C=O) groups is 1. The van der Waals surface area contributed by atoms with Crippen molar-refractivity contribution < 1.29 is 9.53 Å². The molecule has 0 spiro atoms. The van der Waals surface area contributed by atoms with E-state index in [2.05, 4.69) is 11.9 Å². The van der Waals surface area contributed by atoms with Crippen LogP contribution in [0, 0.1) is 11.8 Å². The lowest BCUT2D eigenvalue weighted by molar-refractivity contribution is 0.0595. The number of esters is 1. The predicted octanol–water partition coefficient (Wildman–Crippen LogP) is 3.03. The van der Waals surface area contributed by atoms with E-state index in [9.17, 15) is 4.79 Å². The Morgan fingerprint density at radius 1 is 1.48 bits per heavy atom. The lowest BCUT2D eigenvalue weighted by Crippen LogP contribution is -2.17. The van der Waals surface area contributed by atoms with Gasteiger partial charge in [-0.25, -0.2) is 9.78 Å². The summed E-state index contributed by atoms with van der Waals surface area (Å²) in [6.07, 6.45) is 7.18. The summed E-state index contributed by atoms with van der Waals surface area (Å²) >= 11 is 0. The van der Waals surface area contributed by atoms with Crippen molar-refractivity contribution in [3.8, 4) is 0 Å². The third-order valence-corrected chi connectivity index (χ3v) is 4.59. The van der Waals surface area contributed by atoms with Gasteiger partial charge in [-0.1, -0.05) is 33.1 Å². The Bertz CT molecular complexity index is 496. The first kappa shape index (κ1) is 15.9. The van der Waals surface area contributed by atoms with Gasteiger partial charge in [-0.2, -0.15) is 0 Å². The van der Waals surface area contributed by atoms with Crippen LogP contribution in [0.25, 0.3) is 0 Å². The monoisotopic (exact) mass is 293 g/mol. The van der Waals surface area contributed by atoms with Crippen molar-refractivity contribution in [3.05, 3.63) is 11.5 Å². The van der Waals surface area contributed by atoms with Gasteiger partial charge in [0.2, 0.25) is 0 Å². The van der Waals surface area contributed by atoms with Crippen LogP contribution < -0.4 is 5.73 Å². The summed E-state index contributed by atoms with van der Waals surface area (Å²) in [7, 11) is 1.36. The molecule has 0 aliphatic heterocycles. The van der Waals surface area contributed by atoms with Gasteiger partial charge < -0.3 is 15.0 Å². The molecule has 1 aliphatic carbocycles. The average molecular weight is 293 g/mol. The third kappa shape index (κ3) is 3.57. The van der Waals surface area contributed by atoms with Gasteiger partial charge in [-0.3, -0.25) is 0 Å². The maximum Gasteiger partial charge on any atom is 0.360 e. The van der Waals surface area contributed by atoms with Crippen LogP contribution in [0.3, 0.4) is 0 Å². The number of nitrogens with two attached hydrogens (primary N) is 1. The van der Waals surface area contributed by atoms with Crippen LogP contribution in [0.4, 0.5) is 5.82 Å². The van der Waals surface area contributed by atoms with Crippen LogP contribution >= 0.6 is 0 Å². The molecule has 21 heavy (non-hydrogen) atoms. The Morgan fingerprint density at radius 3 is 2.86 bits per heavy atom. The number of nitrogens with zero attached hydrogens (tertiary/aromatic N) is 2. The highest BCUT2D eigenvalue weighted by molar-refractivity contribution is 5.92. The van der Waals surface area contributed by atoms with Crippen molar-refractivity contribution in [2.45, 2.75) is 58.9 Å². The fourth-order valence-corrected chi connectivity index (χ4v) is 3.41. The second kappa shape index (κ2) is 6.96. The molecule has 0 saturated heterocycles. The number of imidazole rings is 1. The smallest absolute Gasteiger partial charge is 0.360 e. The van der Waals surface area contributed by atoms with Crippen LogP contribution in [-0.2, 0) is 17.7 Å². The summed E-state index contributed by atoms with van der Waals surface area (Å²) in [6, 6.07) is 0. The quantitative estimate of drug-likeness (QED) is 0.847. The number of rotatable bonds is 5. The van der Waals surface area contributed by atoms with Crippen LogP contribution in [-0.4, -0.2) is 22.6 Å². The number of hydrogen-bond acceptors (Lipinski definition) is 4. The minimum absolute atomic E-state index is 0.256. The fourth-order valence-electron chi connectivity index (χ4n) is 3.41. The van der Waals surface area contributed by atoms with E-state index in [0.29, 0.717) is 5.82 Å². The van der Waals surface area contributed by atoms with Gasteiger partial charge in [0.25, 0.3) is 0 Å². The molecule has 0 amide bonds. The highest BCUT2D eigenvalue weighted by Crippen LogP contribution is 2.31. The van der Waals surface area contributed by atoms with Crippen molar-refractivity contribution >= 4 is 11.8 Å².